The molecular weight excluding hydrogens is 432 g/mol. The van der Waals surface area contributed by atoms with Gasteiger partial charge in [-0.3, -0.25) is 9.59 Å². The average molecular weight is 459 g/mol. The lowest BCUT2D eigenvalue weighted by atomic mass is 10.1. The lowest BCUT2D eigenvalue weighted by Crippen LogP contribution is -2.23. The van der Waals surface area contributed by atoms with Crippen molar-refractivity contribution in [2.75, 3.05) is 5.32 Å². The normalized spacial score (nSPS) is 10.9. The molecule has 2 amide bonds. The van der Waals surface area contributed by atoms with E-state index in [0.29, 0.717) is 35.2 Å². The highest BCUT2D eigenvalue weighted by Gasteiger charge is 2.17. The molecule has 0 unspecified atom stereocenters. The molecule has 174 valence electrons. The smallest absolute Gasteiger partial charge is 0.273 e. The second-order valence-electron chi connectivity index (χ2n) is 8.37. The number of anilines is 1. The first-order chi connectivity index (χ1) is 16.4. The van der Waals surface area contributed by atoms with E-state index in [1.807, 2.05) is 68.4 Å². The van der Waals surface area contributed by atoms with E-state index in [1.54, 1.807) is 13.0 Å². The third-order valence-electron chi connectivity index (χ3n) is 5.10. The number of hydrogen-bond donors (Lipinski definition) is 2. The summed E-state index contributed by atoms with van der Waals surface area (Å²) in [5.74, 6) is 1.39. The molecule has 0 aliphatic carbocycles. The number of benzene rings is 2. The Morgan fingerprint density at radius 2 is 1.76 bits per heavy atom. The maximum Gasteiger partial charge on any atom is 0.273 e. The molecule has 2 N–H and O–H groups in total. The quantitative estimate of drug-likeness (QED) is 0.375. The second-order valence-corrected chi connectivity index (χ2v) is 8.37. The molecule has 0 aliphatic rings. The highest BCUT2D eigenvalue weighted by atomic mass is 16.5. The first kappa shape index (κ1) is 23.0. The summed E-state index contributed by atoms with van der Waals surface area (Å²) in [6.07, 6.45) is 0.449. The van der Waals surface area contributed by atoms with Crippen molar-refractivity contribution < 1.29 is 18.5 Å². The summed E-state index contributed by atoms with van der Waals surface area (Å²) in [5.41, 5.74) is 3.03. The fraction of sp³-hybridized carbons (Fsp3) is 0.231. The van der Waals surface area contributed by atoms with Gasteiger partial charge in [0.05, 0.1) is 6.54 Å². The van der Waals surface area contributed by atoms with Crippen molar-refractivity contribution in [3.8, 4) is 22.8 Å². The molecule has 0 fully saturated rings. The molecule has 34 heavy (non-hydrogen) atoms. The monoisotopic (exact) mass is 458 g/mol. The summed E-state index contributed by atoms with van der Waals surface area (Å²) in [7, 11) is 0. The van der Waals surface area contributed by atoms with Gasteiger partial charge in [0, 0.05) is 29.3 Å². The van der Waals surface area contributed by atoms with Crippen LogP contribution in [0.4, 0.5) is 5.69 Å². The molecule has 0 bridgehead atoms. The van der Waals surface area contributed by atoms with Gasteiger partial charge in [0.15, 0.2) is 11.5 Å². The molecule has 0 atom stereocenters. The minimum atomic E-state index is -0.371. The highest BCUT2D eigenvalue weighted by Crippen LogP contribution is 2.25. The molecule has 2 heterocycles. The zero-order chi connectivity index (χ0) is 24.1. The van der Waals surface area contributed by atoms with Crippen LogP contribution in [0.1, 0.15) is 42.2 Å². The highest BCUT2D eigenvalue weighted by molar-refractivity contribution is 5.93. The number of amides is 2. The number of nitrogens with one attached hydrogen (secondary N) is 2. The lowest BCUT2D eigenvalue weighted by Gasteiger charge is -2.07. The van der Waals surface area contributed by atoms with Gasteiger partial charge in [-0.2, -0.15) is 0 Å². The maximum absolute atomic E-state index is 12.5. The van der Waals surface area contributed by atoms with E-state index in [9.17, 15) is 9.59 Å². The van der Waals surface area contributed by atoms with Crippen LogP contribution < -0.4 is 10.6 Å². The summed E-state index contributed by atoms with van der Waals surface area (Å²) in [4.78, 5) is 29.1. The van der Waals surface area contributed by atoms with Gasteiger partial charge in [-0.05, 0) is 31.0 Å². The van der Waals surface area contributed by atoms with Gasteiger partial charge in [-0.25, -0.2) is 4.98 Å². The number of nitrogens with zero attached hydrogens (tertiary/aromatic N) is 2. The SMILES string of the molecule is Cc1oc(-c2cccc(NC(=O)CC(C)C)c2)nc1CNC(=O)c1cc(-c2ccccc2)on1. The van der Waals surface area contributed by atoms with Crippen molar-refractivity contribution in [1.29, 1.82) is 0 Å². The molecule has 2 aromatic heterocycles. The fourth-order valence-electron chi connectivity index (χ4n) is 3.40. The van der Waals surface area contributed by atoms with Crippen molar-refractivity contribution in [1.82, 2.24) is 15.5 Å². The Labute approximate surface area is 197 Å². The van der Waals surface area contributed by atoms with Gasteiger partial charge in [-0.15, -0.1) is 0 Å². The van der Waals surface area contributed by atoms with E-state index in [4.69, 9.17) is 8.94 Å². The maximum atomic E-state index is 12.5. The number of aryl methyl sites for hydroxylation is 1. The zero-order valence-corrected chi connectivity index (χ0v) is 19.3. The van der Waals surface area contributed by atoms with Crippen LogP contribution in [0.5, 0.6) is 0 Å². The third kappa shape index (κ3) is 5.58. The topological polar surface area (TPSA) is 110 Å². The van der Waals surface area contributed by atoms with Gasteiger partial charge >= 0.3 is 0 Å². The molecule has 8 nitrogen and oxygen atoms in total. The molecule has 8 heteroatoms. The standard InChI is InChI=1S/C26H26N4O4/c1-16(2)12-24(31)28-20-11-7-10-19(13-20)26-29-22(17(3)33-26)15-27-25(32)21-14-23(34-30-21)18-8-5-4-6-9-18/h4-11,13-14,16H,12,15H2,1-3H3,(H,27,32)(H,28,31). The van der Waals surface area contributed by atoms with Crippen LogP contribution in [0.15, 0.2) is 69.6 Å². The molecule has 2 aromatic carbocycles. The number of aromatic nitrogens is 2. The van der Waals surface area contributed by atoms with Crippen molar-refractivity contribution in [3.05, 3.63) is 77.8 Å². The van der Waals surface area contributed by atoms with Crippen molar-refractivity contribution in [2.45, 2.75) is 33.7 Å². The minimum Gasteiger partial charge on any atom is -0.441 e. The number of hydrogen-bond acceptors (Lipinski definition) is 6. The Kier molecular flexibility index (Phi) is 6.87. The number of carbonyl (C=O) groups is 2. The number of carbonyl (C=O) groups excluding carboxylic acids is 2. The molecular formula is C26H26N4O4. The molecule has 4 rings (SSSR count). The Balaban J connectivity index is 1.41. The minimum absolute atomic E-state index is 0.0394. The van der Waals surface area contributed by atoms with E-state index < -0.39 is 0 Å². The zero-order valence-electron chi connectivity index (χ0n) is 19.3. The summed E-state index contributed by atoms with van der Waals surface area (Å²) < 4.78 is 11.1. The molecule has 4 aromatic rings. The summed E-state index contributed by atoms with van der Waals surface area (Å²) in [6, 6.07) is 18.4. The van der Waals surface area contributed by atoms with Crippen LogP contribution >= 0.6 is 0 Å². The first-order valence-corrected chi connectivity index (χ1v) is 11.1. The molecule has 0 aliphatic heterocycles. The number of rotatable bonds is 8. The number of oxazole rings is 1. The molecule has 0 saturated carbocycles. The van der Waals surface area contributed by atoms with E-state index in [-0.39, 0.29) is 30.0 Å². The van der Waals surface area contributed by atoms with Gasteiger partial charge < -0.3 is 19.6 Å². The predicted octanol–water partition coefficient (Wildman–Crippen LogP) is 5.22. The van der Waals surface area contributed by atoms with Crippen LogP contribution in [-0.2, 0) is 11.3 Å². The average Bonchev–Trinajstić information content (AvgIpc) is 3.45. The molecule has 0 saturated heterocycles. The van der Waals surface area contributed by atoms with Gasteiger partial charge in [0.1, 0.15) is 11.5 Å². The van der Waals surface area contributed by atoms with Crippen LogP contribution in [0.2, 0.25) is 0 Å². The summed E-state index contributed by atoms with van der Waals surface area (Å²) in [5, 5.41) is 9.56. The summed E-state index contributed by atoms with van der Waals surface area (Å²) in [6.45, 7) is 5.95. The van der Waals surface area contributed by atoms with Gasteiger partial charge in [-0.1, -0.05) is 55.4 Å². The van der Waals surface area contributed by atoms with Crippen molar-refractivity contribution in [3.63, 3.8) is 0 Å². The predicted molar refractivity (Wildman–Crippen MR) is 128 cm³/mol. The van der Waals surface area contributed by atoms with Gasteiger partial charge in [0.25, 0.3) is 5.91 Å². The second kappa shape index (κ2) is 10.2. The first-order valence-electron chi connectivity index (χ1n) is 11.1. The third-order valence-corrected chi connectivity index (χ3v) is 5.10. The van der Waals surface area contributed by atoms with Crippen molar-refractivity contribution >= 4 is 17.5 Å². The fourth-order valence-corrected chi connectivity index (χ4v) is 3.40. The molecule has 0 radical (unpaired) electrons. The summed E-state index contributed by atoms with van der Waals surface area (Å²) >= 11 is 0. The van der Waals surface area contributed by atoms with Crippen LogP contribution in [0.25, 0.3) is 22.8 Å². The Hall–Kier alpha value is -4.20. The largest absolute Gasteiger partial charge is 0.441 e. The lowest BCUT2D eigenvalue weighted by molar-refractivity contribution is -0.116. The van der Waals surface area contributed by atoms with Crippen LogP contribution in [-0.4, -0.2) is 22.0 Å². The molecule has 0 spiro atoms. The van der Waals surface area contributed by atoms with Crippen molar-refractivity contribution in [2.24, 2.45) is 5.92 Å². The Bertz CT molecular complexity index is 1290. The van der Waals surface area contributed by atoms with Gasteiger partial charge in [0.2, 0.25) is 11.8 Å². The van der Waals surface area contributed by atoms with E-state index in [0.717, 1.165) is 11.1 Å². The Morgan fingerprint density at radius 3 is 2.53 bits per heavy atom. The van der Waals surface area contributed by atoms with E-state index in [1.165, 1.54) is 0 Å². The van der Waals surface area contributed by atoms with E-state index in [2.05, 4.69) is 20.8 Å². The Morgan fingerprint density at radius 1 is 1.00 bits per heavy atom. The van der Waals surface area contributed by atoms with Crippen LogP contribution in [0, 0.1) is 12.8 Å². The van der Waals surface area contributed by atoms with E-state index >= 15 is 0 Å². The van der Waals surface area contributed by atoms with Crippen LogP contribution in [0.3, 0.4) is 0 Å².